The summed E-state index contributed by atoms with van der Waals surface area (Å²) in [4.78, 5) is 15.3. The van der Waals surface area contributed by atoms with Crippen molar-refractivity contribution in [3.63, 3.8) is 0 Å². The molecule has 0 unspecified atom stereocenters. The summed E-state index contributed by atoms with van der Waals surface area (Å²) >= 11 is 3.87. The Hall–Kier alpha value is -0.0600. The molecule has 1 rings (SSSR count). The van der Waals surface area contributed by atoms with Crippen LogP contribution in [0, 0.1) is 7.27 Å². The fraction of sp³-hybridized carbons (Fsp3) is 0.400. The number of hydrogen-bond acceptors (Lipinski definition) is 3. The molecular weight excluding hydrogens is 458 g/mol. The average molecular weight is 467 g/mol. The lowest BCUT2D eigenvalue weighted by atomic mass is 10.1. The molecule has 0 aromatic carbocycles. The maximum absolute atomic E-state index is 12.8. The van der Waals surface area contributed by atoms with E-state index in [9.17, 15) is 13.6 Å². The van der Waals surface area contributed by atoms with Gasteiger partial charge in [0.2, 0.25) is 0 Å². The highest BCUT2D eigenvalue weighted by atomic mass is 127. The van der Waals surface area contributed by atoms with Gasteiger partial charge in [0.1, 0.15) is 3.70 Å². The number of carbonyl (C=O) groups excluding carboxylic acids is 1. The van der Waals surface area contributed by atoms with Crippen LogP contribution in [0.4, 0.5) is 8.78 Å². The Morgan fingerprint density at radius 3 is 2.71 bits per heavy atom. The van der Waals surface area contributed by atoms with E-state index in [1.165, 1.54) is 6.07 Å². The van der Waals surface area contributed by atoms with Crippen LogP contribution in [0.3, 0.4) is 0 Å². The highest BCUT2D eigenvalue weighted by Gasteiger charge is 2.19. The number of esters is 1. The van der Waals surface area contributed by atoms with Crippen LogP contribution in [-0.4, -0.2) is 17.6 Å². The Morgan fingerprint density at radius 1 is 1.53 bits per heavy atom. The number of carbonyl (C=O) groups is 1. The van der Waals surface area contributed by atoms with Gasteiger partial charge in [-0.2, -0.15) is 0 Å². The van der Waals surface area contributed by atoms with Crippen molar-refractivity contribution in [2.75, 3.05) is 6.61 Å². The number of hydrogen-bond donors (Lipinski definition) is 0. The second-order valence-corrected chi connectivity index (χ2v) is 5.26. The molecule has 0 aliphatic heterocycles. The van der Waals surface area contributed by atoms with Crippen molar-refractivity contribution in [3.8, 4) is 0 Å². The molecule has 1 aromatic heterocycles. The van der Waals surface area contributed by atoms with Gasteiger partial charge < -0.3 is 4.74 Å². The van der Waals surface area contributed by atoms with Crippen molar-refractivity contribution in [3.05, 3.63) is 24.6 Å². The molecule has 94 valence electrons. The molecule has 1 heterocycles. The van der Waals surface area contributed by atoms with E-state index in [2.05, 4.69) is 4.98 Å². The summed E-state index contributed by atoms with van der Waals surface area (Å²) in [5, 5.41) is 0. The van der Waals surface area contributed by atoms with E-state index < -0.39 is 12.4 Å². The Balaban J connectivity index is 3.04. The van der Waals surface area contributed by atoms with Crippen molar-refractivity contribution in [2.24, 2.45) is 0 Å². The second kappa shape index (κ2) is 6.76. The largest absolute Gasteiger partial charge is 0.466 e. The summed E-state index contributed by atoms with van der Waals surface area (Å²) in [5.41, 5.74) is -0.119. The molecule has 1 aromatic rings. The van der Waals surface area contributed by atoms with Gasteiger partial charge >= 0.3 is 5.97 Å². The molecule has 0 N–H and O–H groups in total. The van der Waals surface area contributed by atoms with Gasteiger partial charge in [0, 0.05) is 9.13 Å². The van der Waals surface area contributed by atoms with Gasteiger partial charge in [-0.1, -0.05) is 0 Å². The summed E-state index contributed by atoms with van der Waals surface area (Å²) in [6.45, 7) is 1.89. The SMILES string of the molecule is CCOC(=O)Cc1nc(I)c(I)cc1C(F)F. The lowest BCUT2D eigenvalue weighted by Crippen LogP contribution is -2.12. The van der Waals surface area contributed by atoms with Crippen LogP contribution in [0.15, 0.2) is 6.07 Å². The van der Waals surface area contributed by atoms with Crippen molar-refractivity contribution in [1.29, 1.82) is 0 Å². The molecule has 7 heteroatoms. The summed E-state index contributed by atoms with van der Waals surface area (Å²) in [7, 11) is 0. The molecule has 0 bridgehead atoms. The van der Waals surface area contributed by atoms with Gasteiger partial charge in [-0.15, -0.1) is 0 Å². The van der Waals surface area contributed by atoms with Crippen LogP contribution < -0.4 is 0 Å². The zero-order valence-electron chi connectivity index (χ0n) is 8.84. The topological polar surface area (TPSA) is 39.2 Å². The summed E-state index contributed by atoms with van der Waals surface area (Å²) in [6.07, 6.45) is -2.86. The van der Waals surface area contributed by atoms with Gasteiger partial charge in [-0.05, 0) is 58.2 Å². The lowest BCUT2D eigenvalue weighted by molar-refractivity contribution is -0.142. The van der Waals surface area contributed by atoms with E-state index in [0.717, 1.165) is 0 Å². The maximum Gasteiger partial charge on any atom is 0.311 e. The summed E-state index contributed by atoms with van der Waals surface area (Å²) in [5.74, 6) is -0.543. The maximum atomic E-state index is 12.8. The van der Waals surface area contributed by atoms with Crippen LogP contribution in [0.2, 0.25) is 0 Å². The van der Waals surface area contributed by atoms with E-state index >= 15 is 0 Å². The Kier molecular flexibility index (Phi) is 5.97. The van der Waals surface area contributed by atoms with Crippen LogP contribution in [0.1, 0.15) is 24.6 Å². The van der Waals surface area contributed by atoms with Gasteiger partial charge in [0.15, 0.2) is 0 Å². The third-order valence-electron chi connectivity index (χ3n) is 1.90. The standard InChI is InChI=1S/C10H9F2I2NO2/c1-2-17-8(16)4-7-5(9(11)12)3-6(13)10(14)15-7/h3,9H,2,4H2,1H3. The fourth-order valence-corrected chi connectivity index (χ4v) is 2.10. The highest BCUT2D eigenvalue weighted by Crippen LogP contribution is 2.26. The lowest BCUT2D eigenvalue weighted by Gasteiger charge is -2.09. The summed E-state index contributed by atoms with van der Waals surface area (Å²) in [6, 6.07) is 1.36. The molecule has 0 atom stereocenters. The minimum absolute atomic E-state index is 0.0864. The number of pyridine rings is 1. The number of rotatable bonds is 4. The number of nitrogens with zero attached hydrogens (tertiary/aromatic N) is 1. The van der Waals surface area contributed by atoms with E-state index in [1.807, 2.05) is 45.2 Å². The first-order valence-corrected chi connectivity index (χ1v) is 6.90. The molecule has 0 radical (unpaired) electrons. The first-order valence-electron chi connectivity index (χ1n) is 4.74. The minimum atomic E-state index is -2.64. The Morgan fingerprint density at radius 2 is 2.18 bits per heavy atom. The quantitative estimate of drug-likeness (QED) is 0.388. The number of ether oxygens (including phenoxy) is 1. The minimum Gasteiger partial charge on any atom is -0.466 e. The zero-order chi connectivity index (χ0) is 13.0. The molecule has 0 fully saturated rings. The molecule has 17 heavy (non-hydrogen) atoms. The van der Waals surface area contributed by atoms with Gasteiger partial charge in [0.25, 0.3) is 6.43 Å². The molecular formula is C10H9F2I2NO2. The van der Waals surface area contributed by atoms with Crippen LogP contribution in [0.5, 0.6) is 0 Å². The molecule has 0 saturated carbocycles. The van der Waals surface area contributed by atoms with E-state index in [0.29, 0.717) is 7.27 Å². The molecule has 0 saturated heterocycles. The number of alkyl halides is 2. The van der Waals surface area contributed by atoms with E-state index in [4.69, 9.17) is 4.74 Å². The smallest absolute Gasteiger partial charge is 0.311 e. The number of halogens is 4. The van der Waals surface area contributed by atoms with E-state index in [-0.39, 0.29) is 24.3 Å². The molecule has 3 nitrogen and oxygen atoms in total. The van der Waals surface area contributed by atoms with Gasteiger partial charge in [0.05, 0.1) is 18.7 Å². The second-order valence-electron chi connectivity index (χ2n) is 3.08. The van der Waals surface area contributed by atoms with Crippen molar-refractivity contribution >= 4 is 51.2 Å². The van der Waals surface area contributed by atoms with Crippen LogP contribution >= 0.6 is 45.2 Å². The Labute approximate surface area is 125 Å². The van der Waals surface area contributed by atoms with Crippen molar-refractivity contribution in [1.82, 2.24) is 4.98 Å². The van der Waals surface area contributed by atoms with Crippen LogP contribution in [-0.2, 0) is 16.0 Å². The van der Waals surface area contributed by atoms with Crippen molar-refractivity contribution in [2.45, 2.75) is 19.8 Å². The average Bonchev–Trinajstić information content (AvgIpc) is 2.23. The molecule has 0 amide bonds. The zero-order valence-corrected chi connectivity index (χ0v) is 13.2. The normalized spacial score (nSPS) is 10.7. The predicted molar refractivity (Wildman–Crippen MR) is 75.0 cm³/mol. The first kappa shape index (κ1) is 15.0. The predicted octanol–water partition coefficient (Wildman–Crippen LogP) is 3.33. The number of aromatic nitrogens is 1. The first-order chi connectivity index (χ1) is 7.95. The van der Waals surface area contributed by atoms with Gasteiger partial charge in [-0.3, -0.25) is 4.79 Å². The van der Waals surface area contributed by atoms with Crippen LogP contribution in [0.25, 0.3) is 0 Å². The highest BCUT2D eigenvalue weighted by molar-refractivity contribution is 14.1. The molecule has 0 spiro atoms. The Bertz CT molecular complexity index is 427. The molecule has 0 aliphatic carbocycles. The van der Waals surface area contributed by atoms with Gasteiger partial charge in [-0.25, -0.2) is 13.8 Å². The third-order valence-corrected chi connectivity index (χ3v) is 4.57. The monoisotopic (exact) mass is 467 g/mol. The van der Waals surface area contributed by atoms with Crippen molar-refractivity contribution < 1.29 is 18.3 Å². The third kappa shape index (κ3) is 4.27. The molecule has 0 aliphatic rings. The fourth-order valence-electron chi connectivity index (χ4n) is 1.20. The summed E-state index contributed by atoms with van der Waals surface area (Å²) < 4.78 is 31.5. The van der Waals surface area contributed by atoms with E-state index in [1.54, 1.807) is 6.92 Å².